The maximum Gasteiger partial charge on any atom is 0.297 e. The maximum atomic E-state index is 13.6. The highest BCUT2D eigenvalue weighted by Gasteiger charge is 2.45. The molecule has 0 saturated carbocycles. The van der Waals surface area contributed by atoms with E-state index in [1.807, 2.05) is 26.8 Å². The van der Waals surface area contributed by atoms with Gasteiger partial charge in [-0.2, -0.15) is 0 Å². The average molecular weight is 447 g/mol. The summed E-state index contributed by atoms with van der Waals surface area (Å²) in [5.41, 5.74) is 2.42. The van der Waals surface area contributed by atoms with Crippen molar-refractivity contribution in [2.45, 2.75) is 26.8 Å². The number of rotatable bonds is 3. The molecule has 0 radical (unpaired) electrons. The third kappa shape index (κ3) is 2.93. The Morgan fingerprint density at radius 2 is 1.81 bits per heavy atom. The number of benzene rings is 2. The summed E-state index contributed by atoms with van der Waals surface area (Å²) in [6, 6.07) is 10.3. The number of aromatic nitrogens is 1. The fraction of sp³-hybridized carbons (Fsp3) is 0.174. The Labute approximate surface area is 185 Å². The van der Waals surface area contributed by atoms with E-state index in [9.17, 15) is 19.7 Å². The molecule has 0 unspecified atom stereocenters. The highest BCUT2D eigenvalue weighted by atomic mass is 32.1. The minimum absolute atomic E-state index is 0.0276. The van der Waals surface area contributed by atoms with Crippen LogP contribution in [0, 0.1) is 30.9 Å². The van der Waals surface area contributed by atoms with Crippen LogP contribution in [0.3, 0.4) is 0 Å². The number of aryl methyl sites for hydroxylation is 3. The molecule has 0 aliphatic carbocycles. The Morgan fingerprint density at radius 1 is 1.09 bits per heavy atom. The number of nitrogens with zero attached hydrogens (tertiary/aromatic N) is 3. The van der Waals surface area contributed by atoms with Crippen molar-refractivity contribution < 1.29 is 14.1 Å². The van der Waals surface area contributed by atoms with Crippen molar-refractivity contribution in [1.29, 1.82) is 0 Å². The van der Waals surface area contributed by atoms with Gasteiger partial charge in [-0.15, -0.1) is 11.3 Å². The van der Waals surface area contributed by atoms with E-state index in [1.54, 1.807) is 24.3 Å². The van der Waals surface area contributed by atoms with Crippen molar-refractivity contribution in [2.24, 2.45) is 0 Å². The first-order valence-electron chi connectivity index (χ1n) is 9.85. The summed E-state index contributed by atoms with van der Waals surface area (Å²) in [5, 5.41) is 11.9. The quantitative estimate of drug-likeness (QED) is 0.329. The molecule has 2 aromatic carbocycles. The van der Waals surface area contributed by atoms with Crippen LogP contribution in [0.1, 0.15) is 43.9 Å². The fourth-order valence-electron chi connectivity index (χ4n) is 3.94. The van der Waals surface area contributed by atoms with Gasteiger partial charge >= 0.3 is 0 Å². The molecule has 0 spiro atoms. The number of nitro groups is 1. The van der Waals surface area contributed by atoms with Crippen LogP contribution in [0.2, 0.25) is 0 Å². The first-order chi connectivity index (χ1) is 15.3. The van der Waals surface area contributed by atoms with Crippen molar-refractivity contribution >= 4 is 39.0 Å². The monoisotopic (exact) mass is 447 g/mol. The first-order valence-corrected chi connectivity index (χ1v) is 10.7. The Hall–Kier alpha value is -3.85. The Balaban J connectivity index is 1.79. The van der Waals surface area contributed by atoms with Crippen LogP contribution in [-0.2, 0) is 0 Å². The van der Waals surface area contributed by atoms with Crippen LogP contribution < -0.4 is 10.3 Å². The maximum absolute atomic E-state index is 13.6. The molecule has 2 aromatic heterocycles. The lowest BCUT2D eigenvalue weighted by molar-refractivity contribution is -0.384. The summed E-state index contributed by atoms with van der Waals surface area (Å²) in [6.07, 6.45) is 0. The summed E-state index contributed by atoms with van der Waals surface area (Å²) >= 11 is 1.35. The number of carbonyl (C=O) groups excluding carboxylic acids is 1. The van der Waals surface area contributed by atoms with E-state index in [-0.39, 0.29) is 22.4 Å². The van der Waals surface area contributed by atoms with Gasteiger partial charge in [-0.1, -0.05) is 11.6 Å². The number of fused-ring (bicyclic) bond motifs is 2. The minimum Gasteiger partial charge on any atom is -0.450 e. The number of non-ortho nitro benzene ring substituents is 1. The Kier molecular flexibility index (Phi) is 4.45. The number of amides is 1. The van der Waals surface area contributed by atoms with Crippen molar-refractivity contribution in [1.82, 2.24) is 4.98 Å². The molecule has 5 rings (SSSR count). The van der Waals surface area contributed by atoms with Crippen LogP contribution in [-0.4, -0.2) is 15.8 Å². The lowest BCUT2D eigenvalue weighted by atomic mass is 9.98. The van der Waals surface area contributed by atoms with Crippen LogP contribution in [0.5, 0.6) is 0 Å². The molecule has 1 aliphatic rings. The number of hydrogen-bond acceptors (Lipinski definition) is 7. The van der Waals surface area contributed by atoms with Gasteiger partial charge in [0.15, 0.2) is 10.6 Å². The van der Waals surface area contributed by atoms with E-state index < -0.39 is 16.9 Å². The molecule has 0 bridgehead atoms. The molecule has 0 saturated heterocycles. The molecule has 160 valence electrons. The molecule has 0 N–H and O–H groups in total. The molecule has 1 atom stereocenters. The van der Waals surface area contributed by atoms with Gasteiger partial charge in [0.25, 0.3) is 11.6 Å². The van der Waals surface area contributed by atoms with Crippen LogP contribution >= 0.6 is 11.3 Å². The molecule has 0 fully saturated rings. The topological polar surface area (TPSA) is 107 Å². The summed E-state index contributed by atoms with van der Waals surface area (Å²) in [5.74, 6) is -0.489. The zero-order valence-electron chi connectivity index (χ0n) is 17.4. The van der Waals surface area contributed by atoms with Gasteiger partial charge in [0.1, 0.15) is 5.58 Å². The number of hydrogen-bond donors (Lipinski definition) is 0. The highest BCUT2D eigenvalue weighted by molar-refractivity contribution is 7.15. The molecule has 8 nitrogen and oxygen atoms in total. The largest absolute Gasteiger partial charge is 0.450 e. The smallest absolute Gasteiger partial charge is 0.297 e. The second-order valence-electron chi connectivity index (χ2n) is 7.74. The predicted octanol–water partition coefficient (Wildman–Crippen LogP) is 4.83. The minimum atomic E-state index is -0.801. The Bertz CT molecular complexity index is 1470. The van der Waals surface area contributed by atoms with Crippen molar-refractivity contribution in [3.05, 3.63) is 95.8 Å². The summed E-state index contributed by atoms with van der Waals surface area (Å²) in [4.78, 5) is 44.6. The SMILES string of the molecule is Cc1ccc2oc3c(c(=O)c2c1)[C@@H](c1ccc([N+](=O)[O-])cc1)N(c1nc(C)c(C)s1)C3=O. The molecule has 1 aliphatic heterocycles. The number of nitro benzene ring substituents is 1. The van der Waals surface area contributed by atoms with E-state index in [0.717, 1.165) is 16.1 Å². The molecule has 1 amide bonds. The van der Waals surface area contributed by atoms with E-state index in [1.165, 1.54) is 28.4 Å². The predicted molar refractivity (Wildman–Crippen MR) is 121 cm³/mol. The van der Waals surface area contributed by atoms with E-state index >= 15 is 0 Å². The summed E-state index contributed by atoms with van der Waals surface area (Å²) < 4.78 is 5.93. The van der Waals surface area contributed by atoms with Gasteiger partial charge in [-0.05, 0) is 50.6 Å². The second-order valence-corrected chi connectivity index (χ2v) is 8.92. The lowest BCUT2D eigenvalue weighted by Crippen LogP contribution is -2.29. The number of anilines is 1. The summed E-state index contributed by atoms with van der Waals surface area (Å²) in [7, 11) is 0. The van der Waals surface area contributed by atoms with E-state index in [4.69, 9.17) is 4.42 Å². The molecular weight excluding hydrogens is 430 g/mol. The van der Waals surface area contributed by atoms with Gasteiger partial charge < -0.3 is 4.42 Å². The Morgan fingerprint density at radius 3 is 2.44 bits per heavy atom. The molecule has 32 heavy (non-hydrogen) atoms. The van der Waals surface area contributed by atoms with Crippen LogP contribution in [0.25, 0.3) is 11.0 Å². The van der Waals surface area contributed by atoms with Crippen molar-refractivity contribution in [3.63, 3.8) is 0 Å². The highest BCUT2D eigenvalue weighted by Crippen LogP contribution is 2.43. The molecule has 9 heteroatoms. The van der Waals surface area contributed by atoms with Crippen LogP contribution in [0.4, 0.5) is 10.8 Å². The lowest BCUT2D eigenvalue weighted by Gasteiger charge is -2.22. The van der Waals surface area contributed by atoms with Crippen LogP contribution in [0.15, 0.2) is 51.7 Å². The van der Waals surface area contributed by atoms with Crippen molar-refractivity contribution in [2.75, 3.05) is 4.90 Å². The normalized spacial score (nSPS) is 15.4. The van der Waals surface area contributed by atoms with E-state index in [2.05, 4.69) is 4.98 Å². The molecule has 3 heterocycles. The second kappa shape index (κ2) is 7.10. The first kappa shape index (κ1) is 20.1. The number of carbonyl (C=O) groups is 1. The van der Waals surface area contributed by atoms with Gasteiger partial charge in [-0.25, -0.2) is 4.98 Å². The molecule has 4 aromatic rings. The van der Waals surface area contributed by atoms with E-state index in [0.29, 0.717) is 21.7 Å². The standard InChI is InChI=1S/C23H17N3O5S/c1-11-4-9-17-16(10-11)20(27)18-19(14-5-7-15(8-6-14)26(29)30)25(22(28)21(18)31-17)23-24-12(2)13(3)32-23/h4-10,19H,1-3H3/t19-/m1/s1. The van der Waals surface area contributed by atoms with Gasteiger partial charge in [0.2, 0.25) is 5.76 Å². The zero-order chi connectivity index (χ0) is 22.7. The average Bonchev–Trinajstić information content (AvgIpc) is 3.25. The number of thiazole rings is 1. The third-order valence-corrected chi connectivity index (χ3v) is 6.74. The fourth-order valence-corrected chi connectivity index (χ4v) is 4.87. The zero-order valence-corrected chi connectivity index (χ0v) is 18.2. The van der Waals surface area contributed by atoms with Crippen molar-refractivity contribution in [3.8, 4) is 0 Å². The van der Waals surface area contributed by atoms with Gasteiger partial charge in [0, 0.05) is 17.0 Å². The van der Waals surface area contributed by atoms with Gasteiger partial charge in [0.05, 0.1) is 27.6 Å². The third-order valence-electron chi connectivity index (χ3n) is 5.67. The van der Waals surface area contributed by atoms with Gasteiger partial charge in [-0.3, -0.25) is 24.6 Å². The molecular formula is C23H17N3O5S. The summed E-state index contributed by atoms with van der Waals surface area (Å²) in [6.45, 7) is 5.63.